The minimum absolute atomic E-state index is 0.0546. The number of benzene rings is 2. The third-order valence-corrected chi connectivity index (χ3v) is 6.16. The molecule has 1 N–H and O–H groups in total. The van der Waals surface area contributed by atoms with Crippen LogP contribution in [0.1, 0.15) is 16.8 Å². The number of carbonyl (C=O) groups is 2. The van der Waals surface area contributed by atoms with E-state index in [1.165, 1.54) is 6.07 Å². The van der Waals surface area contributed by atoms with Crippen LogP contribution in [0.5, 0.6) is 5.75 Å². The van der Waals surface area contributed by atoms with Gasteiger partial charge < -0.3 is 19.9 Å². The second-order valence-electron chi connectivity index (χ2n) is 8.61. The largest absolute Gasteiger partial charge is 0.489 e. The summed E-state index contributed by atoms with van der Waals surface area (Å²) in [4.78, 5) is 28.6. The highest BCUT2D eigenvalue weighted by Gasteiger charge is 2.33. The van der Waals surface area contributed by atoms with E-state index >= 15 is 0 Å². The van der Waals surface area contributed by atoms with Crippen LogP contribution in [-0.4, -0.2) is 59.2 Å². The quantitative estimate of drug-likeness (QED) is 0.585. The first-order valence-electron chi connectivity index (χ1n) is 11.3. The lowest BCUT2D eigenvalue weighted by molar-refractivity contribution is -0.120. The molecular weight excluding hydrogens is 456 g/mol. The van der Waals surface area contributed by atoms with Crippen molar-refractivity contribution in [2.45, 2.75) is 12.5 Å². The van der Waals surface area contributed by atoms with E-state index in [0.717, 1.165) is 18.0 Å². The molecule has 0 unspecified atom stereocenters. The molecule has 0 bridgehead atoms. The molecule has 5 rings (SSSR count). The van der Waals surface area contributed by atoms with Crippen molar-refractivity contribution < 1.29 is 23.1 Å². The fourth-order valence-electron chi connectivity index (χ4n) is 4.17. The molecule has 2 aromatic carbocycles. The van der Waals surface area contributed by atoms with Crippen molar-refractivity contribution in [2.24, 2.45) is 5.92 Å². The number of carbonyl (C=O) groups excluding carboxylic acids is 2. The summed E-state index contributed by atoms with van der Waals surface area (Å²) in [5, 5.41) is 10.8. The molecule has 0 spiro atoms. The number of aromatic nitrogens is 2. The highest BCUT2D eigenvalue weighted by atomic mass is 19.2. The molecule has 0 radical (unpaired) electrons. The van der Waals surface area contributed by atoms with E-state index in [2.05, 4.69) is 15.5 Å². The molecule has 8 nitrogen and oxygen atoms in total. The molecule has 180 valence electrons. The lowest BCUT2D eigenvalue weighted by Crippen LogP contribution is -2.52. The molecule has 10 heteroatoms. The Morgan fingerprint density at radius 3 is 2.51 bits per heavy atom. The Hall–Kier alpha value is -4.08. The Morgan fingerprint density at radius 2 is 1.80 bits per heavy atom. The summed E-state index contributed by atoms with van der Waals surface area (Å²) in [6, 6.07) is 13.9. The second kappa shape index (κ2) is 9.65. The summed E-state index contributed by atoms with van der Waals surface area (Å²) < 4.78 is 32.6. The van der Waals surface area contributed by atoms with E-state index < -0.39 is 11.6 Å². The van der Waals surface area contributed by atoms with Gasteiger partial charge in [0, 0.05) is 43.5 Å². The first-order chi connectivity index (χ1) is 17.0. The van der Waals surface area contributed by atoms with Crippen LogP contribution in [0, 0.1) is 17.6 Å². The smallest absolute Gasteiger partial charge is 0.254 e. The Balaban J connectivity index is 1.09. The van der Waals surface area contributed by atoms with Gasteiger partial charge in [0.1, 0.15) is 11.9 Å². The van der Waals surface area contributed by atoms with E-state index in [1.807, 2.05) is 17.0 Å². The van der Waals surface area contributed by atoms with Gasteiger partial charge in [0.2, 0.25) is 5.91 Å². The number of nitrogens with one attached hydrogen (secondary N) is 1. The summed E-state index contributed by atoms with van der Waals surface area (Å²) in [5.41, 5.74) is 0.776. The number of amides is 2. The van der Waals surface area contributed by atoms with Crippen LogP contribution in [-0.2, 0) is 4.79 Å². The minimum atomic E-state index is -1.05. The number of hydrogen-bond acceptors (Lipinski definition) is 6. The molecule has 0 aliphatic carbocycles. The molecule has 2 aliphatic rings. The third kappa shape index (κ3) is 5.06. The fourth-order valence-corrected chi connectivity index (χ4v) is 4.17. The maximum Gasteiger partial charge on any atom is 0.254 e. The van der Waals surface area contributed by atoms with Gasteiger partial charge in [-0.2, -0.15) is 5.10 Å². The number of nitrogens with zero attached hydrogens (tertiary/aromatic N) is 4. The van der Waals surface area contributed by atoms with Crippen LogP contribution in [0.15, 0.2) is 60.8 Å². The maximum absolute atomic E-state index is 13.5. The topological polar surface area (TPSA) is 87.7 Å². The Bertz CT molecular complexity index is 1220. The van der Waals surface area contributed by atoms with Crippen molar-refractivity contribution >= 4 is 23.3 Å². The van der Waals surface area contributed by atoms with E-state index in [1.54, 1.807) is 35.4 Å². The van der Waals surface area contributed by atoms with Gasteiger partial charge in [-0.3, -0.25) is 9.59 Å². The maximum atomic E-state index is 13.5. The van der Waals surface area contributed by atoms with Gasteiger partial charge in [-0.25, -0.2) is 8.78 Å². The normalized spacial score (nSPS) is 17.7. The second-order valence-corrected chi connectivity index (χ2v) is 8.61. The molecule has 1 atom stereocenters. The van der Waals surface area contributed by atoms with Crippen LogP contribution in [0.4, 0.5) is 20.3 Å². The lowest BCUT2D eigenvalue weighted by Gasteiger charge is -2.38. The highest BCUT2D eigenvalue weighted by Crippen LogP contribution is 2.25. The molecule has 2 saturated heterocycles. The molecule has 0 saturated carbocycles. The van der Waals surface area contributed by atoms with Gasteiger partial charge in [0.05, 0.1) is 12.5 Å². The van der Waals surface area contributed by atoms with Crippen molar-refractivity contribution in [3.8, 4) is 5.75 Å². The van der Waals surface area contributed by atoms with E-state index in [0.29, 0.717) is 44.0 Å². The molecule has 2 aliphatic heterocycles. The monoisotopic (exact) mass is 479 g/mol. The predicted octanol–water partition coefficient (Wildman–Crippen LogP) is 3.12. The Labute approximate surface area is 200 Å². The van der Waals surface area contributed by atoms with Crippen molar-refractivity contribution in [1.29, 1.82) is 0 Å². The third-order valence-electron chi connectivity index (χ3n) is 6.16. The summed E-state index contributed by atoms with van der Waals surface area (Å²) in [7, 11) is 0. The average Bonchev–Trinajstić information content (AvgIpc) is 3.30. The van der Waals surface area contributed by atoms with Crippen LogP contribution < -0.4 is 15.0 Å². The zero-order chi connectivity index (χ0) is 24.4. The van der Waals surface area contributed by atoms with Gasteiger partial charge in [0.15, 0.2) is 17.5 Å². The van der Waals surface area contributed by atoms with Crippen LogP contribution in [0.3, 0.4) is 0 Å². The first kappa shape index (κ1) is 22.7. The lowest BCUT2D eigenvalue weighted by atomic mass is 9.99. The van der Waals surface area contributed by atoms with Gasteiger partial charge in [-0.1, -0.05) is 0 Å². The van der Waals surface area contributed by atoms with Crippen LogP contribution >= 0.6 is 0 Å². The number of likely N-dealkylation sites (tertiary alicyclic amines) is 1. The zero-order valence-corrected chi connectivity index (χ0v) is 18.7. The molecule has 2 amide bonds. The minimum Gasteiger partial charge on any atom is -0.489 e. The van der Waals surface area contributed by atoms with Crippen LogP contribution in [0.2, 0.25) is 0 Å². The summed E-state index contributed by atoms with van der Waals surface area (Å²) in [6.07, 6.45) is 2.02. The van der Waals surface area contributed by atoms with E-state index in [9.17, 15) is 18.4 Å². The fraction of sp³-hybridized carbons (Fsp3) is 0.280. The molecular formula is C25H23F2N5O3. The predicted molar refractivity (Wildman–Crippen MR) is 124 cm³/mol. The first-order valence-corrected chi connectivity index (χ1v) is 11.3. The number of ether oxygens (including phenoxy) is 1. The summed E-state index contributed by atoms with van der Waals surface area (Å²) >= 11 is 0. The number of halogens is 2. The summed E-state index contributed by atoms with van der Waals surface area (Å²) in [6.45, 7) is 1.99. The molecule has 1 aromatic heterocycles. The van der Waals surface area contributed by atoms with Gasteiger partial charge in [-0.15, -0.1) is 5.10 Å². The van der Waals surface area contributed by atoms with Gasteiger partial charge in [-0.05, 0) is 54.6 Å². The Morgan fingerprint density at radius 1 is 1.00 bits per heavy atom. The SMILES string of the molecule is O=C(Nc1ccc(O[C@@H]2CCN(C(=O)c3ccc(F)c(F)c3)C2)cc1)C1CN(c2cccnn2)C1. The van der Waals surface area contributed by atoms with E-state index in [4.69, 9.17) is 4.74 Å². The average molecular weight is 479 g/mol. The van der Waals surface area contributed by atoms with Crippen molar-refractivity contribution in [1.82, 2.24) is 15.1 Å². The Kier molecular flexibility index (Phi) is 6.26. The van der Waals surface area contributed by atoms with Crippen molar-refractivity contribution in [3.05, 3.63) is 78.0 Å². The summed E-state index contributed by atoms with van der Waals surface area (Å²) in [5.74, 6) is -1.19. The number of hydrogen-bond donors (Lipinski definition) is 1. The van der Waals surface area contributed by atoms with Crippen LogP contribution in [0.25, 0.3) is 0 Å². The number of rotatable bonds is 6. The van der Waals surface area contributed by atoms with Gasteiger partial charge >= 0.3 is 0 Å². The highest BCUT2D eigenvalue weighted by molar-refractivity contribution is 5.95. The zero-order valence-electron chi connectivity index (χ0n) is 18.7. The van der Waals surface area contributed by atoms with Gasteiger partial charge in [0.25, 0.3) is 5.91 Å². The molecule has 3 aromatic rings. The molecule has 3 heterocycles. The number of anilines is 2. The van der Waals surface area contributed by atoms with Crippen molar-refractivity contribution in [2.75, 3.05) is 36.4 Å². The standard InChI is InChI=1S/C25H23F2N5O3/c26-21-8-3-16(12-22(21)27)25(34)31-11-9-20(15-31)35-19-6-4-18(5-7-19)29-24(33)17-13-32(14-17)23-2-1-10-28-30-23/h1-8,10,12,17,20H,9,11,13-15H2,(H,29,33)/t20-/m1/s1. The van der Waals surface area contributed by atoms with Crippen molar-refractivity contribution in [3.63, 3.8) is 0 Å². The van der Waals surface area contributed by atoms with E-state index in [-0.39, 0.29) is 29.4 Å². The molecule has 35 heavy (non-hydrogen) atoms. The molecule has 2 fully saturated rings.